The lowest BCUT2D eigenvalue weighted by Gasteiger charge is -2.18. The van der Waals surface area contributed by atoms with Gasteiger partial charge in [-0.1, -0.05) is 5.16 Å². The number of rotatable bonds is 4. The molecule has 0 saturated carbocycles. The maximum absolute atomic E-state index is 10.4. The van der Waals surface area contributed by atoms with Gasteiger partial charge in [0.2, 0.25) is 5.89 Å². The van der Waals surface area contributed by atoms with Crippen LogP contribution >= 0.6 is 11.8 Å². The fourth-order valence-corrected chi connectivity index (χ4v) is 2.95. The normalized spacial score (nSPS) is 20.9. The zero-order chi connectivity index (χ0) is 11.4. The Balaban J connectivity index is 1.88. The minimum atomic E-state index is -0.930. The van der Waals surface area contributed by atoms with Crippen LogP contribution in [0.25, 0.3) is 0 Å². The van der Waals surface area contributed by atoms with E-state index in [-0.39, 0.29) is 12.2 Å². The first kappa shape index (κ1) is 11.4. The molecule has 1 atom stereocenters. The van der Waals surface area contributed by atoms with Crippen LogP contribution in [0.2, 0.25) is 0 Å². The first-order valence-electron chi connectivity index (χ1n) is 5.35. The predicted molar refractivity (Wildman–Crippen MR) is 59.4 cm³/mol. The van der Waals surface area contributed by atoms with Crippen molar-refractivity contribution in [3.63, 3.8) is 0 Å². The van der Waals surface area contributed by atoms with Crippen molar-refractivity contribution in [2.24, 2.45) is 5.92 Å². The second-order valence-corrected chi connectivity index (χ2v) is 5.11. The molecule has 88 valence electrons. The van der Waals surface area contributed by atoms with Crippen molar-refractivity contribution < 1.29 is 14.4 Å². The number of aromatic nitrogens is 2. The number of nitrogens with zero attached hydrogens (tertiary/aromatic N) is 2. The largest absolute Gasteiger partial charge is 0.481 e. The van der Waals surface area contributed by atoms with Crippen LogP contribution in [0.5, 0.6) is 0 Å². The summed E-state index contributed by atoms with van der Waals surface area (Å²) >= 11 is 1.96. The molecule has 0 bridgehead atoms. The van der Waals surface area contributed by atoms with E-state index in [4.69, 9.17) is 9.63 Å². The third-order valence-corrected chi connectivity index (χ3v) is 3.82. The number of carbonyl (C=O) groups is 1. The van der Waals surface area contributed by atoms with Gasteiger partial charge in [-0.2, -0.15) is 16.7 Å². The zero-order valence-electron chi connectivity index (χ0n) is 8.89. The quantitative estimate of drug-likeness (QED) is 0.859. The lowest BCUT2D eigenvalue weighted by atomic mass is 10.0. The van der Waals surface area contributed by atoms with Crippen LogP contribution in [0.15, 0.2) is 4.52 Å². The Morgan fingerprint density at radius 1 is 1.62 bits per heavy atom. The monoisotopic (exact) mass is 242 g/mol. The van der Waals surface area contributed by atoms with Gasteiger partial charge in [0.25, 0.3) is 0 Å². The van der Waals surface area contributed by atoms with Gasteiger partial charge < -0.3 is 9.63 Å². The summed E-state index contributed by atoms with van der Waals surface area (Å²) < 4.78 is 5.03. The molecular weight excluding hydrogens is 228 g/mol. The van der Waals surface area contributed by atoms with Crippen molar-refractivity contribution in [3.8, 4) is 0 Å². The molecule has 16 heavy (non-hydrogen) atoms. The van der Waals surface area contributed by atoms with Gasteiger partial charge in [-0.15, -0.1) is 0 Å². The number of hydrogen-bond donors (Lipinski definition) is 1. The van der Waals surface area contributed by atoms with Crippen LogP contribution in [0.1, 0.15) is 24.6 Å². The number of thioether (sulfide) groups is 1. The van der Waals surface area contributed by atoms with Crippen molar-refractivity contribution in [1.82, 2.24) is 10.1 Å². The first-order valence-corrected chi connectivity index (χ1v) is 6.50. The highest BCUT2D eigenvalue weighted by Crippen LogP contribution is 2.25. The van der Waals surface area contributed by atoms with Gasteiger partial charge in [-0.25, -0.2) is 0 Å². The summed E-state index contributed by atoms with van der Waals surface area (Å²) in [6.45, 7) is 0. The SMILES string of the molecule is O=C(O)Cc1noc(CC2CCCSC2)n1. The number of aliphatic carboxylic acids is 1. The Morgan fingerprint density at radius 2 is 2.50 bits per heavy atom. The van der Waals surface area contributed by atoms with Crippen molar-refractivity contribution in [2.45, 2.75) is 25.7 Å². The molecule has 0 aliphatic carbocycles. The molecule has 5 nitrogen and oxygen atoms in total. The molecule has 0 amide bonds. The van der Waals surface area contributed by atoms with Gasteiger partial charge in [0.05, 0.1) is 0 Å². The Labute approximate surface area is 97.6 Å². The summed E-state index contributed by atoms with van der Waals surface area (Å²) in [5, 5.41) is 12.2. The van der Waals surface area contributed by atoms with Crippen molar-refractivity contribution in [1.29, 1.82) is 0 Å². The van der Waals surface area contributed by atoms with E-state index in [1.165, 1.54) is 18.6 Å². The van der Waals surface area contributed by atoms with Crippen molar-refractivity contribution >= 4 is 17.7 Å². The number of carboxylic acid groups (broad SMARTS) is 1. The third-order valence-electron chi connectivity index (χ3n) is 2.54. The van der Waals surface area contributed by atoms with Gasteiger partial charge in [0.1, 0.15) is 6.42 Å². The summed E-state index contributed by atoms with van der Waals surface area (Å²) in [4.78, 5) is 14.5. The van der Waals surface area contributed by atoms with Gasteiger partial charge in [-0.3, -0.25) is 4.79 Å². The highest BCUT2D eigenvalue weighted by atomic mass is 32.2. The fraction of sp³-hybridized carbons (Fsp3) is 0.700. The van der Waals surface area contributed by atoms with E-state index in [0.29, 0.717) is 11.8 Å². The number of carboxylic acids is 1. The zero-order valence-corrected chi connectivity index (χ0v) is 9.70. The highest BCUT2D eigenvalue weighted by Gasteiger charge is 2.18. The molecule has 1 aromatic rings. The van der Waals surface area contributed by atoms with Crippen LogP contribution in [0, 0.1) is 5.92 Å². The van der Waals surface area contributed by atoms with Gasteiger partial charge >= 0.3 is 5.97 Å². The highest BCUT2D eigenvalue weighted by molar-refractivity contribution is 7.99. The molecule has 1 unspecified atom stereocenters. The van der Waals surface area contributed by atoms with Crippen LogP contribution in [-0.4, -0.2) is 32.7 Å². The Hall–Kier alpha value is -1.04. The third kappa shape index (κ3) is 3.23. The molecule has 1 N–H and O–H groups in total. The lowest BCUT2D eigenvalue weighted by molar-refractivity contribution is -0.136. The topological polar surface area (TPSA) is 76.2 Å². The first-order chi connectivity index (χ1) is 7.74. The summed E-state index contributed by atoms with van der Waals surface area (Å²) in [5.41, 5.74) is 0. The van der Waals surface area contributed by atoms with Gasteiger partial charge in [-0.05, 0) is 30.3 Å². The molecule has 1 aliphatic heterocycles. The molecule has 2 heterocycles. The van der Waals surface area contributed by atoms with E-state index in [1.807, 2.05) is 11.8 Å². The molecule has 1 aliphatic rings. The number of hydrogen-bond acceptors (Lipinski definition) is 5. The average molecular weight is 242 g/mol. The van der Waals surface area contributed by atoms with Gasteiger partial charge in [0, 0.05) is 6.42 Å². The Kier molecular flexibility index (Phi) is 3.82. The summed E-state index contributed by atoms with van der Waals surface area (Å²) in [7, 11) is 0. The van der Waals surface area contributed by atoms with Crippen molar-refractivity contribution in [2.75, 3.05) is 11.5 Å². The van der Waals surface area contributed by atoms with E-state index in [2.05, 4.69) is 10.1 Å². The molecule has 1 aromatic heterocycles. The molecule has 0 aromatic carbocycles. The molecule has 2 rings (SSSR count). The van der Waals surface area contributed by atoms with Crippen LogP contribution in [-0.2, 0) is 17.6 Å². The molecule has 6 heteroatoms. The molecule has 1 saturated heterocycles. The Bertz CT molecular complexity index is 361. The molecule has 1 fully saturated rings. The van der Waals surface area contributed by atoms with Crippen molar-refractivity contribution in [3.05, 3.63) is 11.7 Å². The predicted octanol–water partition coefficient (Wildman–Crippen LogP) is 1.38. The van der Waals surface area contributed by atoms with Crippen LogP contribution in [0.3, 0.4) is 0 Å². The molecule has 0 spiro atoms. The Morgan fingerprint density at radius 3 is 3.19 bits per heavy atom. The summed E-state index contributed by atoms with van der Waals surface area (Å²) in [5.74, 6) is 2.88. The van der Waals surface area contributed by atoms with Gasteiger partial charge in [0.15, 0.2) is 5.82 Å². The van der Waals surface area contributed by atoms with Crippen LogP contribution in [0.4, 0.5) is 0 Å². The maximum Gasteiger partial charge on any atom is 0.311 e. The standard InChI is InChI=1S/C10H14N2O3S/c13-10(14)5-8-11-9(15-12-8)4-7-2-1-3-16-6-7/h7H,1-6H2,(H,13,14). The van der Waals surface area contributed by atoms with E-state index >= 15 is 0 Å². The fourth-order valence-electron chi connectivity index (χ4n) is 1.80. The van der Waals surface area contributed by atoms with E-state index in [0.717, 1.165) is 12.2 Å². The lowest BCUT2D eigenvalue weighted by Crippen LogP contribution is -2.13. The molecule has 0 radical (unpaired) electrons. The van der Waals surface area contributed by atoms with E-state index in [1.54, 1.807) is 0 Å². The second kappa shape index (κ2) is 5.34. The van der Waals surface area contributed by atoms with E-state index in [9.17, 15) is 4.79 Å². The average Bonchev–Trinajstić information content (AvgIpc) is 2.66. The summed E-state index contributed by atoms with van der Waals surface area (Å²) in [6.07, 6.45) is 3.05. The summed E-state index contributed by atoms with van der Waals surface area (Å²) in [6, 6.07) is 0. The van der Waals surface area contributed by atoms with Crippen LogP contribution < -0.4 is 0 Å². The smallest absolute Gasteiger partial charge is 0.311 e. The van der Waals surface area contributed by atoms with E-state index < -0.39 is 5.97 Å². The minimum absolute atomic E-state index is 0.164. The molecular formula is C10H14N2O3S. The minimum Gasteiger partial charge on any atom is -0.481 e. The second-order valence-electron chi connectivity index (χ2n) is 3.96. The maximum atomic E-state index is 10.4.